The number of hydrogen-bond acceptors (Lipinski definition) is 5. The number of carbonyl (C=O) groups is 2. The Bertz CT molecular complexity index is 1120. The van der Waals surface area contributed by atoms with Crippen LogP contribution in [0.3, 0.4) is 0 Å². The highest BCUT2D eigenvalue weighted by Gasteiger charge is 2.14. The van der Waals surface area contributed by atoms with Gasteiger partial charge < -0.3 is 9.30 Å². The third-order valence-corrected chi connectivity index (χ3v) is 5.27. The van der Waals surface area contributed by atoms with Crippen LogP contribution in [0.25, 0.3) is 11.0 Å². The Morgan fingerprint density at radius 3 is 2.48 bits per heavy atom. The molecule has 0 aliphatic rings. The molecule has 0 fully saturated rings. The van der Waals surface area contributed by atoms with Gasteiger partial charge in [-0.15, -0.1) is 0 Å². The van der Waals surface area contributed by atoms with E-state index in [1.165, 1.54) is 0 Å². The fourth-order valence-electron chi connectivity index (χ4n) is 3.39. The summed E-state index contributed by atoms with van der Waals surface area (Å²) in [6, 6.07) is 14.8. The van der Waals surface area contributed by atoms with Crippen molar-refractivity contribution in [1.29, 1.82) is 0 Å². The van der Waals surface area contributed by atoms with Crippen molar-refractivity contribution in [3.63, 3.8) is 0 Å². The third-order valence-electron chi connectivity index (χ3n) is 5.27. The number of unbranched alkanes of at least 4 members (excludes halogenated alkanes) is 1. The first kappa shape index (κ1) is 22.4. The van der Waals surface area contributed by atoms with E-state index in [1.807, 2.05) is 43.3 Å². The summed E-state index contributed by atoms with van der Waals surface area (Å²) >= 11 is 0. The Labute approximate surface area is 181 Å². The van der Waals surface area contributed by atoms with Gasteiger partial charge in [0.15, 0.2) is 12.4 Å². The average molecular weight is 421 g/mol. The molecule has 0 saturated carbocycles. The number of Topliss-reactive ketones (excluding diaryl/α,β-unsaturated/α-hetero) is 1. The summed E-state index contributed by atoms with van der Waals surface area (Å²) in [5.74, 6) is -0.769. The molecule has 1 heterocycles. The standard InChI is InChI=1S/C25H28N2O4/c1-3-5-16-27-22-9-7-6-8-20(22)26-21(25(27)30)14-15-24(29)31-17-23(28)19-12-10-18(4-2)11-13-19/h6-13H,3-5,14-17H2,1-2H3. The summed E-state index contributed by atoms with van der Waals surface area (Å²) in [5.41, 5.74) is 3.35. The first-order chi connectivity index (χ1) is 15.0. The molecule has 0 atom stereocenters. The number of hydrogen-bond donors (Lipinski definition) is 0. The highest BCUT2D eigenvalue weighted by molar-refractivity contribution is 5.97. The fourth-order valence-corrected chi connectivity index (χ4v) is 3.39. The normalized spacial score (nSPS) is 10.9. The molecule has 162 valence electrons. The van der Waals surface area contributed by atoms with E-state index in [2.05, 4.69) is 11.9 Å². The molecule has 3 rings (SSSR count). The Morgan fingerprint density at radius 1 is 1.03 bits per heavy atom. The van der Waals surface area contributed by atoms with Crippen LogP contribution in [0.4, 0.5) is 0 Å². The maximum Gasteiger partial charge on any atom is 0.306 e. The molecule has 0 amide bonds. The summed E-state index contributed by atoms with van der Waals surface area (Å²) in [6.45, 7) is 4.42. The molecule has 0 spiro atoms. The Kier molecular flexibility index (Phi) is 7.70. The van der Waals surface area contributed by atoms with Crippen molar-refractivity contribution in [3.8, 4) is 0 Å². The van der Waals surface area contributed by atoms with Gasteiger partial charge >= 0.3 is 5.97 Å². The van der Waals surface area contributed by atoms with Crippen LogP contribution in [-0.4, -0.2) is 27.9 Å². The van der Waals surface area contributed by atoms with E-state index in [9.17, 15) is 14.4 Å². The van der Waals surface area contributed by atoms with E-state index in [-0.39, 0.29) is 30.8 Å². The minimum Gasteiger partial charge on any atom is -0.457 e. The lowest BCUT2D eigenvalue weighted by Gasteiger charge is -2.12. The molecule has 0 aliphatic carbocycles. The van der Waals surface area contributed by atoms with Crippen molar-refractivity contribution in [2.24, 2.45) is 0 Å². The van der Waals surface area contributed by atoms with Crippen molar-refractivity contribution in [1.82, 2.24) is 9.55 Å². The third kappa shape index (κ3) is 5.66. The lowest BCUT2D eigenvalue weighted by atomic mass is 10.1. The molecule has 0 aliphatic heterocycles. The Hall–Kier alpha value is -3.28. The highest BCUT2D eigenvalue weighted by atomic mass is 16.5. The number of ether oxygens (including phenoxy) is 1. The summed E-state index contributed by atoms with van der Waals surface area (Å²) in [5, 5.41) is 0. The number of nitrogens with zero attached hydrogens (tertiary/aromatic N) is 2. The van der Waals surface area contributed by atoms with Gasteiger partial charge in [-0.25, -0.2) is 4.98 Å². The monoisotopic (exact) mass is 420 g/mol. The van der Waals surface area contributed by atoms with E-state index in [4.69, 9.17) is 4.74 Å². The molecular formula is C25H28N2O4. The molecule has 6 heteroatoms. The number of aromatic nitrogens is 2. The second-order valence-electron chi connectivity index (χ2n) is 7.49. The van der Waals surface area contributed by atoms with Crippen LogP contribution in [0, 0.1) is 0 Å². The second-order valence-corrected chi connectivity index (χ2v) is 7.49. The predicted molar refractivity (Wildman–Crippen MR) is 120 cm³/mol. The van der Waals surface area contributed by atoms with Crippen LogP contribution >= 0.6 is 0 Å². The van der Waals surface area contributed by atoms with Crippen molar-refractivity contribution in [2.45, 2.75) is 52.5 Å². The highest BCUT2D eigenvalue weighted by Crippen LogP contribution is 2.12. The van der Waals surface area contributed by atoms with Gasteiger partial charge in [-0.2, -0.15) is 0 Å². The number of para-hydroxylation sites is 2. The smallest absolute Gasteiger partial charge is 0.306 e. The van der Waals surface area contributed by atoms with E-state index in [0.717, 1.165) is 35.9 Å². The SMILES string of the molecule is CCCCn1c(=O)c(CCC(=O)OCC(=O)c2ccc(CC)cc2)nc2ccccc21. The van der Waals surface area contributed by atoms with Crippen LogP contribution in [0.15, 0.2) is 53.3 Å². The lowest BCUT2D eigenvalue weighted by molar-refractivity contribution is -0.142. The zero-order valence-corrected chi connectivity index (χ0v) is 18.1. The number of esters is 1. The Balaban J connectivity index is 1.63. The number of ketones is 1. The number of rotatable bonds is 10. The topological polar surface area (TPSA) is 78.3 Å². The van der Waals surface area contributed by atoms with Gasteiger partial charge in [-0.3, -0.25) is 14.4 Å². The molecular weight excluding hydrogens is 392 g/mol. The van der Waals surface area contributed by atoms with Crippen molar-refractivity contribution >= 4 is 22.8 Å². The molecule has 0 unspecified atom stereocenters. The molecule has 2 aromatic carbocycles. The fraction of sp³-hybridized carbons (Fsp3) is 0.360. The summed E-state index contributed by atoms with van der Waals surface area (Å²) in [7, 11) is 0. The van der Waals surface area contributed by atoms with Gasteiger partial charge in [0.2, 0.25) is 0 Å². The van der Waals surface area contributed by atoms with E-state index in [0.29, 0.717) is 17.8 Å². The number of fused-ring (bicyclic) bond motifs is 1. The van der Waals surface area contributed by atoms with Gasteiger partial charge in [0, 0.05) is 18.5 Å². The number of aryl methyl sites for hydroxylation is 3. The molecule has 6 nitrogen and oxygen atoms in total. The van der Waals surface area contributed by atoms with Crippen LogP contribution in [0.2, 0.25) is 0 Å². The van der Waals surface area contributed by atoms with Crippen LogP contribution in [0.1, 0.15) is 54.7 Å². The Morgan fingerprint density at radius 2 is 1.77 bits per heavy atom. The largest absolute Gasteiger partial charge is 0.457 e. The molecule has 1 aromatic heterocycles. The quantitative estimate of drug-likeness (QED) is 0.364. The maximum absolute atomic E-state index is 12.9. The molecule has 0 saturated heterocycles. The minimum absolute atomic E-state index is 0.00356. The van der Waals surface area contributed by atoms with Gasteiger partial charge in [0.05, 0.1) is 17.5 Å². The van der Waals surface area contributed by atoms with Gasteiger partial charge in [-0.05, 0) is 30.5 Å². The lowest BCUT2D eigenvalue weighted by Crippen LogP contribution is -2.26. The second kappa shape index (κ2) is 10.7. The van der Waals surface area contributed by atoms with E-state index < -0.39 is 5.97 Å². The van der Waals surface area contributed by atoms with Gasteiger partial charge in [0.25, 0.3) is 5.56 Å². The van der Waals surface area contributed by atoms with Gasteiger partial charge in [-0.1, -0.05) is 56.7 Å². The first-order valence-electron chi connectivity index (χ1n) is 10.8. The molecule has 0 radical (unpaired) electrons. The van der Waals surface area contributed by atoms with Crippen LogP contribution < -0.4 is 5.56 Å². The summed E-state index contributed by atoms with van der Waals surface area (Å²) in [6.07, 6.45) is 2.92. The number of benzene rings is 2. The summed E-state index contributed by atoms with van der Waals surface area (Å²) in [4.78, 5) is 41.8. The van der Waals surface area contributed by atoms with Crippen molar-refractivity contribution in [2.75, 3.05) is 6.61 Å². The van der Waals surface area contributed by atoms with E-state index in [1.54, 1.807) is 16.7 Å². The van der Waals surface area contributed by atoms with Crippen molar-refractivity contribution < 1.29 is 14.3 Å². The zero-order valence-electron chi connectivity index (χ0n) is 18.1. The van der Waals surface area contributed by atoms with Crippen LogP contribution in [-0.2, 0) is 28.9 Å². The van der Waals surface area contributed by atoms with Crippen LogP contribution in [0.5, 0.6) is 0 Å². The predicted octanol–water partition coefficient (Wildman–Crippen LogP) is 4.12. The first-order valence-corrected chi connectivity index (χ1v) is 10.8. The average Bonchev–Trinajstić information content (AvgIpc) is 2.80. The van der Waals surface area contributed by atoms with E-state index >= 15 is 0 Å². The number of carbonyl (C=O) groups excluding carboxylic acids is 2. The maximum atomic E-state index is 12.9. The zero-order chi connectivity index (χ0) is 22.2. The molecule has 31 heavy (non-hydrogen) atoms. The molecule has 0 N–H and O–H groups in total. The van der Waals surface area contributed by atoms with Gasteiger partial charge in [0.1, 0.15) is 5.69 Å². The minimum atomic E-state index is -0.520. The summed E-state index contributed by atoms with van der Waals surface area (Å²) < 4.78 is 6.87. The molecule has 3 aromatic rings. The van der Waals surface area contributed by atoms with Crippen molar-refractivity contribution in [3.05, 3.63) is 75.7 Å². The molecule has 0 bridgehead atoms.